The fourth-order valence-electron chi connectivity index (χ4n) is 2.13. The van der Waals surface area contributed by atoms with E-state index in [2.05, 4.69) is 37.0 Å². The van der Waals surface area contributed by atoms with Crippen LogP contribution in [-0.4, -0.2) is 32.7 Å². The Kier molecular flexibility index (Phi) is 5.35. The highest BCUT2D eigenvalue weighted by Crippen LogP contribution is 2.22. The highest BCUT2D eigenvalue weighted by atomic mass is 32.1. The van der Waals surface area contributed by atoms with Crippen LogP contribution in [-0.2, 0) is 6.54 Å². The van der Waals surface area contributed by atoms with Crippen LogP contribution in [0.5, 0.6) is 0 Å². The van der Waals surface area contributed by atoms with E-state index in [1.807, 2.05) is 31.2 Å². The zero-order valence-corrected chi connectivity index (χ0v) is 14.1. The van der Waals surface area contributed by atoms with Gasteiger partial charge < -0.3 is 15.7 Å². The van der Waals surface area contributed by atoms with Gasteiger partial charge in [-0.25, -0.2) is 4.98 Å². The van der Waals surface area contributed by atoms with Crippen LogP contribution in [0.25, 0.3) is 11.3 Å². The van der Waals surface area contributed by atoms with Crippen molar-refractivity contribution >= 4 is 23.1 Å². The first-order valence-corrected chi connectivity index (χ1v) is 8.55. The van der Waals surface area contributed by atoms with Crippen LogP contribution in [0.15, 0.2) is 48.1 Å². The van der Waals surface area contributed by atoms with Crippen LogP contribution in [0.2, 0.25) is 0 Å². The van der Waals surface area contributed by atoms with Gasteiger partial charge in [-0.3, -0.25) is 4.98 Å². The second kappa shape index (κ2) is 7.85. The third-order valence-electron chi connectivity index (χ3n) is 3.38. The number of aliphatic hydroxyl groups is 1. The molecule has 0 spiro atoms. The SMILES string of the molecule is C[C@@H](CO)Nc1nc(NCc2cccs2)cc(-c2ccncc2)n1. The van der Waals surface area contributed by atoms with Gasteiger partial charge in [-0.1, -0.05) is 6.07 Å². The van der Waals surface area contributed by atoms with E-state index in [9.17, 15) is 5.11 Å². The highest BCUT2D eigenvalue weighted by molar-refractivity contribution is 7.09. The molecule has 0 fully saturated rings. The molecule has 24 heavy (non-hydrogen) atoms. The maximum atomic E-state index is 9.24. The van der Waals surface area contributed by atoms with Crippen molar-refractivity contribution in [3.63, 3.8) is 0 Å². The van der Waals surface area contributed by atoms with E-state index in [4.69, 9.17) is 0 Å². The third kappa shape index (κ3) is 4.27. The molecule has 0 bridgehead atoms. The minimum Gasteiger partial charge on any atom is -0.394 e. The molecule has 0 aliphatic rings. The Morgan fingerprint density at radius 1 is 1.21 bits per heavy atom. The molecule has 1 atom stereocenters. The Labute approximate surface area is 144 Å². The van der Waals surface area contributed by atoms with Gasteiger partial charge in [-0.05, 0) is 30.5 Å². The number of aromatic nitrogens is 3. The van der Waals surface area contributed by atoms with Crippen molar-refractivity contribution < 1.29 is 5.11 Å². The molecule has 6 nitrogen and oxygen atoms in total. The number of rotatable bonds is 7. The number of pyridine rings is 1. The van der Waals surface area contributed by atoms with Gasteiger partial charge in [-0.2, -0.15) is 4.98 Å². The number of nitrogens with zero attached hydrogens (tertiary/aromatic N) is 3. The summed E-state index contributed by atoms with van der Waals surface area (Å²) in [6.07, 6.45) is 3.47. The van der Waals surface area contributed by atoms with Crippen LogP contribution >= 0.6 is 11.3 Å². The lowest BCUT2D eigenvalue weighted by atomic mass is 10.2. The van der Waals surface area contributed by atoms with Gasteiger partial charge in [-0.15, -0.1) is 11.3 Å². The van der Waals surface area contributed by atoms with Crippen molar-refractivity contribution in [1.82, 2.24) is 15.0 Å². The summed E-state index contributed by atoms with van der Waals surface area (Å²) >= 11 is 1.70. The number of hydrogen-bond acceptors (Lipinski definition) is 7. The smallest absolute Gasteiger partial charge is 0.225 e. The molecule has 3 N–H and O–H groups in total. The number of nitrogens with one attached hydrogen (secondary N) is 2. The molecule has 3 aromatic rings. The number of thiophene rings is 1. The fourth-order valence-corrected chi connectivity index (χ4v) is 2.77. The molecular formula is C17H19N5OS. The van der Waals surface area contributed by atoms with Crippen molar-refractivity contribution in [3.8, 4) is 11.3 Å². The van der Waals surface area contributed by atoms with Crippen LogP contribution in [0.4, 0.5) is 11.8 Å². The lowest BCUT2D eigenvalue weighted by Crippen LogP contribution is -2.21. The van der Waals surface area contributed by atoms with Crippen LogP contribution < -0.4 is 10.6 Å². The predicted molar refractivity (Wildman–Crippen MR) is 97.1 cm³/mol. The third-order valence-corrected chi connectivity index (χ3v) is 4.25. The van der Waals surface area contributed by atoms with E-state index < -0.39 is 0 Å². The molecule has 0 aromatic carbocycles. The van der Waals surface area contributed by atoms with Crippen molar-refractivity contribution in [2.24, 2.45) is 0 Å². The first kappa shape index (κ1) is 16.4. The zero-order chi connectivity index (χ0) is 16.8. The predicted octanol–water partition coefficient (Wildman–Crippen LogP) is 3.00. The summed E-state index contributed by atoms with van der Waals surface area (Å²) in [5.74, 6) is 1.22. The van der Waals surface area contributed by atoms with E-state index >= 15 is 0 Å². The summed E-state index contributed by atoms with van der Waals surface area (Å²) in [5, 5.41) is 17.7. The van der Waals surface area contributed by atoms with Crippen molar-refractivity contribution in [2.45, 2.75) is 19.5 Å². The summed E-state index contributed by atoms with van der Waals surface area (Å²) in [7, 11) is 0. The Hall–Kier alpha value is -2.51. The molecule has 0 aliphatic heterocycles. The van der Waals surface area contributed by atoms with E-state index in [-0.39, 0.29) is 12.6 Å². The van der Waals surface area contributed by atoms with Gasteiger partial charge in [0.1, 0.15) is 5.82 Å². The minimum absolute atomic E-state index is 0.0147. The lowest BCUT2D eigenvalue weighted by molar-refractivity contribution is 0.281. The van der Waals surface area contributed by atoms with Crippen molar-refractivity contribution in [1.29, 1.82) is 0 Å². The fraction of sp³-hybridized carbons (Fsp3) is 0.235. The zero-order valence-electron chi connectivity index (χ0n) is 13.3. The first-order valence-electron chi connectivity index (χ1n) is 7.67. The van der Waals surface area contributed by atoms with Gasteiger partial charge in [0.2, 0.25) is 5.95 Å². The highest BCUT2D eigenvalue weighted by Gasteiger charge is 2.09. The molecule has 3 heterocycles. The standard InChI is InChI=1S/C17H19N5OS/c1-12(11-23)20-17-21-15(13-4-6-18-7-5-13)9-16(22-17)19-10-14-3-2-8-24-14/h2-9,12,23H,10-11H2,1H3,(H2,19,20,21,22)/t12-/m0/s1. The second-order valence-electron chi connectivity index (χ2n) is 5.36. The summed E-state index contributed by atoms with van der Waals surface area (Å²) in [5.41, 5.74) is 1.76. The maximum absolute atomic E-state index is 9.24. The molecule has 3 aromatic heterocycles. The Bertz CT molecular complexity index is 764. The Morgan fingerprint density at radius 3 is 2.75 bits per heavy atom. The van der Waals surface area contributed by atoms with Crippen LogP contribution in [0.3, 0.4) is 0 Å². The molecule has 0 saturated carbocycles. The second-order valence-corrected chi connectivity index (χ2v) is 6.39. The molecule has 0 amide bonds. The topological polar surface area (TPSA) is 83.0 Å². The van der Waals surface area contributed by atoms with Crippen LogP contribution in [0, 0.1) is 0 Å². The normalized spacial score (nSPS) is 11.9. The summed E-state index contributed by atoms with van der Waals surface area (Å²) < 4.78 is 0. The van der Waals surface area contributed by atoms with E-state index in [0.717, 1.165) is 17.1 Å². The van der Waals surface area contributed by atoms with Gasteiger partial charge in [0.05, 0.1) is 18.8 Å². The van der Waals surface area contributed by atoms with E-state index in [1.165, 1.54) is 4.88 Å². The maximum Gasteiger partial charge on any atom is 0.225 e. The average Bonchev–Trinajstić information content (AvgIpc) is 3.14. The molecule has 7 heteroatoms. The minimum atomic E-state index is -0.122. The molecular weight excluding hydrogens is 322 g/mol. The van der Waals surface area contributed by atoms with Gasteiger partial charge in [0.25, 0.3) is 0 Å². The molecule has 0 aliphatic carbocycles. The largest absolute Gasteiger partial charge is 0.394 e. The summed E-state index contributed by atoms with van der Waals surface area (Å²) in [4.78, 5) is 14.3. The molecule has 3 rings (SSSR count). The van der Waals surface area contributed by atoms with Gasteiger partial charge in [0, 0.05) is 34.9 Å². The lowest BCUT2D eigenvalue weighted by Gasteiger charge is -2.14. The van der Waals surface area contributed by atoms with Gasteiger partial charge in [0.15, 0.2) is 0 Å². The first-order chi connectivity index (χ1) is 11.7. The molecule has 0 unspecified atom stereocenters. The van der Waals surface area contributed by atoms with Crippen LogP contribution in [0.1, 0.15) is 11.8 Å². The van der Waals surface area contributed by atoms with E-state index in [1.54, 1.807) is 23.7 Å². The summed E-state index contributed by atoms with van der Waals surface area (Å²) in [6.45, 7) is 2.60. The van der Waals surface area contributed by atoms with Crippen molar-refractivity contribution in [3.05, 3.63) is 53.0 Å². The van der Waals surface area contributed by atoms with Gasteiger partial charge >= 0.3 is 0 Å². The monoisotopic (exact) mass is 341 g/mol. The Balaban J connectivity index is 1.87. The number of aliphatic hydroxyl groups excluding tert-OH is 1. The molecule has 0 radical (unpaired) electrons. The Morgan fingerprint density at radius 2 is 2.04 bits per heavy atom. The van der Waals surface area contributed by atoms with Crippen molar-refractivity contribution in [2.75, 3.05) is 17.2 Å². The van der Waals surface area contributed by atoms with E-state index in [0.29, 0.717) is 12.5 Å². The molecule has 0 saturated heterocycles. The number of anilines is 2. The quantitative estimate of drug-likeness (QED) is 0.613. The summed E-state index contributed by atoms with van der Waals surface area (Å²) in [6, 6.07) is 9.71. The average molecular weight is 341 g/mol. The number of hydrogen-bond donors (Lipinski definition) is 3. The molecule has 124 valence electrons.